The van der Waals surface area contributed by atoms with Crippen LogP contribution in [0.4, 0.5) is 5.69 Å². The topological polar surface area (TPSA) is 85.8 Å². The molecule has 3 rings (SSSR count). The SMILES string of the molecule is Cc1nnn(C)c1-c1cc(N)c2c(c1C)C(=O)NCC2. The Labute approximate surface area is 117 Å². The molecule has 6 heteroatoms. The van der Waals surface area contributed by atoms with Crippen LogP contribution in [0, 0.1) is 13.8 Å². The summed E-state index contributed by atoms with van der Waals surface area (Å²) in [4.78, 5) is 12.1. The second kappa shape index (κ2) is 4.33. The van der Waals surface area contributed by atoms with Crippen molar-refractivity contribution < 1.29 is 4.79 Å². The van der Waals surface area contributed by atoms with Gasteiger partial charge in [-0.1, -0.05) is 5.21 Å². The van der Waals surface area contributed by atoms with Crippen LogP contribution in [0.25, 0.3) is 11.3 Å². The lowest BCUT2D eigenvalue weighted by Crippen LogP contribution is -2.33. The first kappa shape index (κ1) is 12.7. The summed E-state index contributed by atoms with van der Waals surface area (Å²) in [7, 11) is 1.84. The molecule has 1 aliphatic rings. The van der Waals surface area contributed by atoms with Crippen LogP contribution in [-0.4, -0.2) is 27.4 Å². The monoisotopic (exact) mass is 271 g/mol. The predicted molar refractivity (Wildman–Crippen MR) is 76.4 cm³/mol. The van der Waals surface area contributed by atoms with Gasteiger partial charge in [-0.3, -0.25) is 4.79 Å². The van der Waals surface area contributed by atoms with Crippen LogP contribution in [0.3, 0.4) is 0 Å². The Balaban J connectivity index is 2.32. The molecule has 2 aromatic rings. The number of anilines is 1. The van der Waals surface area contributed by atoms with Gasteiger partial charge in [-0.2, -0.15) is 0 Å². The summed E-state index contributed by atoms with van der Waals surface area (Å²) in [6.45, 7) is 4.49. The van der Waals surface area contributed by atoms with Crippen molar-refractivity contribution in [3.8, 4) is 11.3 Å². The number of fused-ring (bicyclic) bond motifs is 1. The van der Waals surface area contributed by atoms with Crippen LogP contribution in [0.1, 0.15) is 27.2 Å². The van der Waals surface area contributed by atoms with Gasteiger partial charge in [-0.15, -0.1) is 5.10 Å². The fourth-order valence-electron chi connectivity index (χ4n) is 2.90. The molecule has 0 atom stereocenters. The van der Waals surface area contributed by atoms with Crippen molar-refractivity contribution in [2.24, 2.45) is 7.05 Å². The lowest BCUT2D eigenvalue weighted by Gasteiger charge is -2.22. The maximum atomic E-state index is 12.1. The molecule has 1 aromatic carbocycles. The number of benzene rings is 1. The molecule has 0 saturated heterocycles. The molecule has 1 aliphatic heterocycles. The second-order valence-corrected chi connectivity index (χ2v) is 5.14. The Bertz CT molecular complexity index is 697. The van der Waals surface area contributed by atoms with Crippen molar-refractivity contribution in [1.82, 2.24) is 20.3 Å². The second-order valence-electron chi connectivity index (χ2n) is 5.14. The lowest BCUT2D eigenvalue weighted by atomic mass is 9.89. The molecular formula is C14H17N5O. The fraction of sp³-hybridized carbons (Fsp3) is 0.357. The molecule has 20 heavy (non-hydrogen) atoms. The number of nitrogens with one attached hydrogen (secondary N) is 1. The number of nitrogens with two attached hydrogens (primary N) is 1. The molecule has 6 nitrogen and oxygen atoms in total. The molecule has 3 N–H and O–H groups in total. The maximum Gasteiger partial charge on any atom is 0.251 e. The number of carbonyl (C=O) groups excluding carboxylic acids is 1. The minimum Gasteiger partial charge on any atom is -0.398 e. The summed E-state index contributed by atoms with van der Waals surface area (Å²) in [5.74, 6) is -0.0509. The van der Waals surface area contributed by atoms with E-state index < -0.39 is 0 Å². The zero-order valence-electron chi connectivity index (χ0n) is 11.8. The first-order chi connectivity index (χ1) is 9.50. The third-order valence-electron chi connectivity index (χ3n) is 3.87. The van der Waals surface area contributed by atoms with Crippen LogP contribution in [0.2, 0.25) is 0 Å². The highest BCUT2D eigenvalue weighted by atomic mass is 16.1. The zero-order chi connectivity index (χ0) is 14.4. The normalized spacial score (nSPS) is 14.1. The number of nitrogens with zero attached hydrogens (tertiary/aromatic N) is 3. The van der Waals surface area contributed by atoms with E-state index in [4.69, 9.17) is 5.73 Å². The van der Waals surface area contributed by atoms with Gasteiger partial charge in [0, 0.05) is 30.4 Å². The number of hydrogen-bond donors (Lipinski definition) is 2. The Morgan fingerprint density at radius 3 is 2.80 bits per heavy atom. The molecule has 104 valence electrons. The van der Waals surface area contributed by atoms with E-state index in [1.807, 2.05) is 27.0 Å². The molecule has 0 radical (unpaired) electrons. The Hall–Kier alpha value is -2.37. The lowest BCUT2D eigenvalue weighted by molar-refractivity contribution is 0.0945. The summed E-state index contributed by atoms with van der Waals surface area (Å²) in [6, 6.07) is 1.93. The quantitative estimate of drug-likeness (QED) is 0.757. The number of amides is 1. The molecule has 0 aliphatic carbocycles. The highest BCUT2D eigenvalue weighted by Crippen LogP contribution is 2.34. The average molecular weight is 271 g/mol. The molecule has 0 spiro atoms. The summed E-state index contributed by atoms with van der Waals surface area (Å²) < 4.78 is 1.71. The van der Waals surface area contributed by atoms with Gasteiger partial charge in [0.15, 0.2) is 0 Å². The van der Waals surface area contributed by atoms with Gasteiger partial charge in [-0.25, -0.2) is 4.68 Å². The number of nitrogen functional groups attached to an aromatic ring is 1. The van der Waals surface area contributed by atoms with Gasteiger partial charge in [0.1, 0.15) is 0 Å². The Kier molecular flexibility index (Phi) is 2.74. The summed E-state index contributed by atoms with van der Waals surface area (Å²) in [5.41, 5.74) is 12.0. The summed E-state index contributed by atoms with van der Waals surface area (Å²) in [6.07, 6.45) is 0.774. The smallest absolute Gasteiger partial charge is 0.251 e. The minimum absolute atomic E-state index is 0.0509. The van der Waals surface area contributed by atoms with Crippen LogP contribution in [0.15, 0.2) is 6.07 Å². The van der Waals surface area contributed by atoms with E-state index in [0.717, 1.165) is 34.5 Å². The van der Waals surface area contributed by atoms with Crippen molar-refractivity contribution >= 4 is 11.6 Å². The minimum atomic E-state index is -0.0509. The van der Waals surface area contributed by atoms with Crippen LogP contribution in [0.5, 0.6) is 0 Å². The van der Waals surface area contributed by atoms with E-state index in [0.29, 0.717) is 17.8 Å². The molecule has 0 bridgehead atoms. The van der Waals surface area contributed by atoms with Crippen molar-refractivity contribution in [1.29, 1.82) is 0 Å². The highest BCUT2D eigenvalue weighted by molar-refractivity contribution is 6.01. The van der Waals surface area contributed by atoms with E-state index in [9.17, 15) is 4.79 Å². The zero-order valence-corrected chi connectivity index (χ0v) is 11.8. The third kappa shape index (κ3) is 1.68. The van der Waals surface area contributed by atoms with Gasteiger partial charge >= 0.3 is 0 Å². The fourth-order valence-corrected chi connectivity index (χ4v) is 2.90. The van der Waals surface area contributed by atoms with Crippen molar-refractivity contribution in [3.05, 3.63) is 28.5 Å². The van der Waals surface area contributed by atoms with Crippen LogP contribution in [-0.2, 0) is 13.5 Å². The molecule has 1 amide bonds. The summed E-state index contributed by atoms with van der Waals surface area (Å²) >= 11 is 0. The molecular weight excluding hydrogens is 254 g/mol. The number of hydrogen-bond acceptors (Lipinski definition) is 4. The molecule has 0 unspecified atom stereocenters. The van der Waals surface area contributed by atoms with E-state index in [-0.39, 0.29) is 5.91 Å². The Morgan fingerprint density at radius 1 is 1.40 bits per heavy atom. The van der Waals surface area contributed by atoms with Crippen molar-refractivity contribution in [2.45, 2.75) is 20.3 Å². The van der Waals surface area contributed by atoms with Crippen LogP contribution < -0.4 is 11.1 Å². The third-order valence-corrected chi connectivity index (χ3v) is 3.87. The van der Waals surface area contributed by atoms with Crippen molar-refractivity contribution in [2.75, 3.05) is 12.3 Å². The van der Waals surface area contributed by atoms with Crippen LogP contribution >= 0.6 is 0 Å². The number of aryl methyl sites for hydroxylation is 2. The van der Waals surface area contributed by atoms with E-state index in [1.54, 1.807) is 4.68 Å². The largest absolute Gasteiger partial charge is 0.398 e. The van der Waals surface area contributed by atoms with Gasteiger partial charge in [0.2, 0.25) is 0 Å². The number of rotatable bonds is 1. The molecule has 0 saturated carbocycles. The number of carbonyl (C=O) groups is 1. The van der Waals surface area contributed by atoms with E-state index in [1.165, 1.54) is 0 Å². The first-order valence-electron chi connectivity index (χ1n) is 6.57. The molecule has 0 fully saturated rings. The van der Waals surface area contributed by atoms with E-state index >= 15 is 0 Å². The van der Waals surface area contributed by atoms with E-state index in [2.05, 4.69) is 15.6 Å². The molecule has 2 heterocycles. The van der Waals surface area contributed by atoms with Gasteiger partial charge in [0.05, 0.1) is 11.4 Å². The Morgan fingerprint density at radius 2 is 2.15 bits per heavy atom. The van der Waals surface area contributed by atoms with Crippen molar-refractivity contribution in [3.63, 3.8) is 0 Å². The summed E-state index contributed by atoms with van der Waals surface area (Å²) in [5, 5.41) is 11.0. The van der Waals surface area contributed by atoms with Gasteiger partial charge < -0.3 is 11.1 Å². The maximum absolute atomic E-state index is 12.1. The number of aromatic nitrogens is 3. The standard InChI is InChI=1S/C14H17N5O/c1-7-10(13-8(2)17-18-19(13)3)6-11(15)9-4-5-16-14(20)12(7)9/h6H,4-5,15H2,1-3H3,(H,16,20). The predicted octanol–water partition coefficient (Wildman–Crippen LogP) is 0.967. The molecule has 1 aromatic heterocycles. The highest BCUT2D eigenvalue weighted by Gasteiger charge is 2.25. The first-order valence-corrected chi connectivity index (χ1v) is 6.57. The van der Waals surface area contributed by atoms with Gasteiger partial charge in [0.25, 0.3) is 5.91 Å². The van der Waals surface area contributed by atoms with Gasteiger partial charge in [-0.05, 0) is 37.5 Å². The average Bonchev–Trinajstić information content (AvgIpc) is 2.73.